The van der Waals surface area contributed by atoms with Crippen LogP contribution in [0.2, 0.25) is 0 Å². The topological polar surface area (TPSA) is 35.5 Å². The number of phenolic OH excluding ortho intramolecular Hbond substituents is 1. The summed E-state index contributed by atoms with van der Waals surface area (Å²) in [5, 5.41) is 13.1. The zero-order chi connectivity index (χ0) is 12.8. The third-order valence-electron chi connectivity index (χ3n) is 3.24. The van der Waals surface area contributed by atoms with Crippen LogP contribution in [0.1, 0.15) is 30.5 Å². The second-order valence-electron chi connectivity index (χ2n) is 4.73. The van der Waals surface area contributed by atoms with E-state index in [-0.39, 0.29) is 0 Å². The van der Waals surface area contributed by atoms with E-state index in [1.165, 1.54) is 0 Å². The molecule has 1 aromatic carbocycles. The van der Waals surface area contributed by atoms with E-state index in [2.05, 4.69) is 23.2 Å². The summed E-state index contributed by atoms with van der Waals surface area (Å²) in [6, 6.07) is 6.37. The molecule has 0 bridgehead atoms. The highest BCUT2D eigenvalue weighted by atomic mass is 16.3. The molecule has 3 heteroatoms. The fourth-order valence-corrected chi connectivity index (χ4v) is 1.81. The van der Waals surface area contributed by atoms with E-state index in [9.17, 15) is 5.11 Å². The van der Waals surface area contributed by atoms with E-state index in [0.717, 1.165) is 30.5 Å². The van der Waals surface area contributed by atoms with Crippen LogP contribution in [0.25, 0.3) is 0 Å². The summed E-state index contributed by atoms with van der Waals surface area (Å²) >= 11 is 0. The van der Waals surface area contributed by atoms with Crippen LogP contribution in [-0.2, 0) is 6.42 Å². The van der Waals surface area contributed by atoms with Crippen molar-refractivity contribution in [2.75, 3.05) is 27.7 Å². The van der Waals surface area contributed by atoms with Crippen LogP contribution in [-0.4, -0.2) is 37.7 Å². The molecule has 1 atom stereocenters. The minimum Gasteiger partial charge on any atom is -0.508 e. The van der Waals surface area contributed by atoms with Crippen LogP contribution >= 0.6 is 0 Å². The van der Waals surface area contributed by atoms with Gasteiger partial charge in [0.15, 0.2) is 0 Å². The summed E-state index contributed by atoms with van der Waals surface area (Å²) in [7, 11) is 6.03. The first-order chi connectivity index (χ1) is 8.06. The van der Waals surface area contributed by atoms with Crippen LogP contribution in [0.4, 0.5) is 0 Å². The summed E-state index contributed by atoms with van der Waals surface area (Å²) in [6.07, 6.45) is 1.97. The Bertz CT molecular complexity index is 350. The number of aryl methyl sites for hydroxylation is 1. The summed E-state index contributed by atoms with van der Waals surface area (Å²) in [4.78, 5) is 2.13. The molecule has 0 aliphatic rings. The highest BCUT2D eigenvalue weighted by molar-refractivity contribution is 5.37. The van der Waals surface area contributed by atoms with Crippen molar-refractivity contribution < 1.29 is 5.11 Å². The zero-order valence-electron chi connectivity index (χ0n) is 11.3. The van der Waals surface area contributed by atoms with Crippen molar-refractivity contribution in [1.29, 1.82) is 0 Å². The molecule has 0 amide bonds. The molecule has 1 rings (SSSR count). The maximum absolute atomic E-state index is 9.98. The minimum atomic E-state index is 0.326. The summed E-state index contributed by atoms with van der Waals surface area (Å²) in [5.41, 5.74) is 2.19. The van der Waals surface area contributed by atoms with Gasteiger partial charge in [0.2, 0.25) is 0 Å². The van der Waals surface area contributed by atoms with E-state index < -0.39 is 0 Å². The van der Waals surface area contributed by atoms with Crippen molar-refractivity contribution in [2.45, 2.75) is 25.8 Å². The normalized spacial score (nSPS) is 13.0. The molecule has 0 radical (unpaired) electrons. The first-order valence-corrected chi connectivity index (χ1v) is 6.19. The van der Waals surface area contributed by atoms with E-state index in [1.54, 1.807) is 0 Å². The number of hydrogen-bond acceptors (Lipinski definition) is 3. The van der Waals surface area contributed by atoms with Crippen LogP contribution in [0.3, 0.4) is 0 Å². The highest BCUT2D eigenvalue weighted by Gasteiger charge is 2.10. The summed E-state index contributed by atoms with van der Waals surface area (Å²) in [6.45, 7) is 3.12. The number of nitrogens with one attached hydrogen (secondary N) is 1. The van der Waals surface area contributed by atoms with Crippen LogP contribution in [0, 0.1) is 0 Å². The molecule has 0 saturated carbocycles. The molecule has 0 heterocycles. The average Bonchev–Trinajstić information content (AvgIpc) is 2.30. The molecular weight excluding hydrogens is 212 g/mol. The maximum Gasteiger partial charge on any atom is 0.119 e. The lowest BCUT2D eigenvalue weighted by Crippen LogP contribution is -2.16. The largest absolute Gasteiger partial charge is 0.508 e. The lowest BCUT2D eigenvalue weighted by Gasteiger charge is -2.20. The van der Waals surface area contributed by atoms with Gasteiger partial charge in [-0.3, -0.25) is 0 Å². The van der Waals surface area contributed by atoms with Gasteiger partial charge in [-0.1, -0.05) is 12.1 Å². The monoisotopic (exact) mass is 236 g/mol. The van der Waals surface area contributed by atoms with Gasteiger partial charge in [0.25, 0.3) is 0 Å². The second kappa shape index (κ2) is 6.62. The molecule has 0 fully saturated rings. The molecule has 17 heavy (non-hydrogen) atoms. The molecule has 1 aromatic rings. The molecule has 0 aliphatic carbocycles. The molecule has 3 nitrogen and oxygen atoms in total. The lowest BCUT2D eigenvalue weighted by molar-refractivity contribution is 0.320. The van der Waals surface area contributed by atoms with Gasteiger partial charge >= 0.3 is 0 Å². The number of phenols is 1. The number of nitrogens with zero attached hydrogens (tertiary/aromatic N) is 1. The fourth-order valence-electron chi connectivity index (χ4n) is 1.81. The Morgan fingerprint density at radius 1 is 1.35 bits per heavy atom. The Balaban J connectivity index is 2.72. The van der Waals surface area contributed by atoms with Gasteiger partial charge in [-0.05, 0) is 64.6 Å². The Kier molecular flexibility index (Phi) is 5.45. The molecule has 0 aromatic heterocycles. The van der Waals surface area contributed by atoms with Gasteiger partial charge < -0.3 is 15.3 Å². The predicted molar refractivity (Wildman–Crippen MR) is 72.5 cm³/mol. The number of aromatic hydroxyl groups is 1. The van der Waals surface area contributed by atoms with Crippen molar-refractivity contribution in [3.05, 3.63) is 29.3 Å². The van der Waals surface area contributed by atoms with E-state index in [1.807, 2.05) is 33.3 Å². The summed E-state index contributed by atoms with van der Waals surface area (Å²) in [5.74, 6) is 0.423. The molecule has 0 spiro atoms. The first-order valence-electron chi connectivity index (χ1n) is 6.19. The van der Waals surface area contributed by atoms with Gasteiger partial charge in [-0.15, -0.1) is 0 Å². The number of benzene rings is 1. The minimum absolute atomic E-state index is 0.326. The number of rotatable bonds is 6. The van der Waals surface area contributed by atoms with Gasteiger partial charge in [-0.2, -0.15) is 0 Å². The predicted octanol–water partition coefficient (Wildman–Crippen LogP) is 2.17. The van der Waals surface area contributed by atoms with Gasteiger partial charge in [-0.25, -0.2) is 0 Å². The SMILES string of the molecule is CNCCCc1ccc(C(C)N(C)C)cc1O. The number of hydrogen-bond donors (Lipinski definition) is 2. The van der Waals surface area contributed by atoms with Gasteiger partial charge in [0.1, 0.15) is 5.75 Å². The van der Waals surface area contributed by atoms with Crippen molar-refractivity contribution in [2.24, 2.45) is 0 Å². The maximum atomic E-state index is 9.98. The van der Waals surface area contributed by atoms with Crippen LogP contribution in [0.15, 0.2) is 18.2 Å². The third kappa shape index (κ3) is 4.02. The van der Waals surface area contributed by atoms with Crippen LogP contribution in [0.5, 0.6) is 5.75 Å². The average molecular weight is 236 g/mol. The van der Waals surface area contributed by atoms with E-state index in [0.29, 0.717) is 11.8 Å². The Morgan fingerprint density at radius 3 is 2.59 bits per heavy atom. The smallest absolute Gasteiger partial charge is 0.119 e. The zero-order valence-corrected chi connectivity index (χ0v) is 11.3. The third-order valence-corrected chi connectivity index (χ3v) is 3.24. The van der Waals surface area contributed by atoms with E-state index >= 15 is 0 Å². The molecule has 2 N–H and O–H groups in total. The second-order valence-corrected chi connectivity index (χ2v) is 4.73. The fraction of sp³-hybridized carbons (Fsp3) is 0.571. The highest BCUT2D eigenvalue weighted by Crippen LogP contribution is 2.25. The van der Waals surface area contributed by atoms with Gasteiger partial charge in [0.05, 0.1) is 0 Å². The molecule has 0 saturated heterocycles. The summed E-state index contributed by atoms with van der Waals surface area (Å²) < 4.78 is 0. The first kappa shape index (κ1) is 14.0. The van der Waals surface area contributed by atoms with Gasteiger partial charge in [0, 0.05) is 6.04 Å². The molecule has 96 valence electrons. The quantitative estimate of drug-likeness (QED) is 0.743. The molecular formula is C14H24N2O. The van der Waals surface area contributed by atoms with E-state index in [4.69, 9.17) is 0 Å². The Morgan fingerprint density at radius 2 is 2.06 bits per heavy atom. The Labute approximate surface area is 104 Å². The Hall–Kier alpha value is -1.06. The van der Waals surface area contributed by atoms with Crippen molar-refractivity contribution >= 4 is 0 Å². The van der Waals surface area contributed by atoms with Crippen molar-refractivity contribution in [3.8, 4) is 5.75 Å². The lowest BCUT2D eigenvalue weighted by atomic mass is 10.0. The standard InChI is InChI=1S/C14H24N2O/c1-11(16(3)4)13-8-7-12(14(17)10-13)6-5-9-15-2/h7-8,10-11,15,17H,5-6,9H2,1-4H3. The van der Waals surface area contributed by atoms with Crippen molar-refractivity contribution in [1.82, 2.24) is 10.2 Å². The molecule has 0 aliphatic heterocycles. The molecule has 1 unspecified atom stereocenters. The van der Waals surface area contributed by atoms with Crippen molar-refractivity contribution in [3.63, 3.8) is 0 Å². The van der Waals surface area contributed by atoms with Crippen LogP contribution < -0.4 is 5.32 Å².